The predicted octanol–water partition coefficient (Wildman–Crippen LogP) is 4.34. The quantitative estimate of drug-likeness (QED) is 0.593. The molecule has 3 rings (SSSR count). The Bertz CT molecular complexity index is 884. The molecule has 0 saturated carbocycles. The van der Waals surface area contributed by atoms with Crippen LogP contribution in [0.1, 0.15) is 47.7 Å². The fraction of sp³-hybridized carbons (Fsp3) is 0.350. The van der Waals surface area contributed by atoms with Crippen molar-refractivity contribution >= 4 is 34.2 Å². The van der Waals surface area contributed by atoms with E-state index in [9.17, 15) is 4.79 Å². The lowest BCUT2D eigenvalue weighted by Gasteiger charge is -2.08. The van der Waals surface area contributed by atoms with Crippen LogP contribution in [0.2, 0.25) is 0 Å². The zero-order chi connectivity index (χ0) is 19.4. The van der Waals surface area contributed by atoms with Crippen molar-refractivity contribution in [2.75, 3.05) is 11.9 Å². The molecule has 6 nitrogen and oxygen atoms in total. The van der Waals surface area contributed by atoms with Gasteiger partial charge in [-0.05, 0) is 51.0 Å². The second-order valence-electron chi connectivity index (χ2n) is 6.46. The molecule has 1 aromatic heterocycles. The Balaban J connectivity index is 1.60. The van der Waals surface area contributed by atoms with Gasteiger partial charge in [-0.15, -0.1) is 0 Å². The Hall–Kier alpha value is -2.54. The molecule has 0 unspecified atom stereocenters. The highest BCUT2D eigenvalue weighted by Gasteiger charge is 2.17. The molecule has 7 heteroatoms. The van der Waals surface area contributed by atoms with Crippen molar-refractivity contribution in [1.29, 1.82) is 0 Å². The summed E-state index contributed by atoms with van der Waals surface area (Å²) in [7, 11) is 0. The lowest BCUT2D eigenvalue weighted by atomic mass is 10.1. The van der Waals surface area contributed by atoms with E-state index in [0.717, 1.165) is 35.1 Å². The lowest BCUT2D eigenvalue weighted by Crippen LogP contribution is -2.19. The van der Waals surface area contributed by atoms with E-state index in [0.29, 0.717) is 22.3 Å². The van der Waals surface area contributed by atoms with Gasteiger partial charge in [0.15, 0.2) is 5.17 Å². The van der Waals surface area contributed by atoms with E-state index in [1.807, 2.05) is 38.1 Å². The molecule has 1 aromatic carbocycles. The van der Waals surface area contributed by atoms with Crippen LogP contribution in [0.3, 0.4) is 0 Å². The first-order valence-electron chi connectivity index (χ1n) is 8.96. The van der Waals surface area contributed by atoms with Gasteiger partial charge in [-0.2, -0.15) is 5.10 Å². The minimum atomic E-state index is -0.274. The summed E-state index contributed by atoms with van der Waals surface area (Å²) in [6.45, 7) is 8.49. The Morgan fingerprint density at radius 1 is 1.33 bits per heavy atom. The van der Waals surface area contributed by atoms with Crippen LogP contribution in [-0.2, 0) is 0 Å². The molecule has 2 N–H and O–H groups in total. The van der Waals surface area contributed by atoms with Crippen LogP contribution in [0, 0.1) is 13.8 Å². The van der Waals surface area contributed by atoms with E-state index >= 15 is 0 Å². The molecule has 2 heterocycles. The summed E-state index contributed by atoms with van der Waals surface area (Å²) in [5.41, 5.74) is 5.75. The first-order valence-corrected chi connectivity index (χ1v) is 9.84. The molecule has 0 fully saturated rings. The molecule has 0 aliphatic carbocycles. The topological polar surface area (TPSA) is 79.0 Å². The van der Waals surface area contributed by atoms with E-state index in [4.69, 9.17) is 4.42 Å². The Morgan fingerprint density at radius 2 is 2.07 bits per heavy atom. The number of furan rings is 1. The van der Waals surface area contributed by atoms with Gasteiger partial charge in [-0.3, -0.25) is 9.79 Å². The standard InChI is InChI=1S/C20H24N4O2S/c1-5-17-11-21-20(27-17)22-16-8-6-15(7-9-16)13(3)23-24-19(25)18-10-12(2)26-14(18)4/h6-10,17H,5,11H2,1-4H3,(H,21,22)(H,24,25)/b23-13-/t17-/m0/s1. The molecule has 0 saturated heterocycles. The molecule has 0 bridgehead atoms. The summed E-state index contributed by atoms with van der Waals surface area (Å²) in [6.07, 6.45) is 1.12. The van der Waals surface area contributed by atoms with Crippen molar-refractivity contribution in [2.45, 2.75) is 39.4 Å². The third kappa shape index (κ3) is 4.80. The second kappa shape index (κ2) is 8.43. The largest absolute Gasteiger partial charge is 0.466 e. The number of hydrazone groups is 1. The number of nitrogens with one attached hydrogen (secondary N) is 2. The van der Waals surface area contributed by atoms with Gasteiger partial charge >= 0.3 is 0 Å². The Labute approximate surface area is 163 Å². The third-order valence-corrected chi connectivity index (χ3v) is 5.61. The predicted molar refractivity (Wildman–Crippen MR) is 112 cm³/mol. The molecule has 1 atom stereocenters. The van der Waals surface area contributed by atoms with E-state index in [2.05, 4.69) is 27.8 Å². The van der Waals surface area contributed by atoms with E-state index in [-0.39, 0.29) is 5.91 Å². The zero-order valence-corrected chi connectivity index (χ0v) is 16.8. The van der Waals surface area contributed by atoms with Crippen LogP contribution < -0.4 is 10.7 Å². The number of thioether (sulfide) groups is 1. The van der Waals surface area contributed by atoms with Gasteiger partial charge in [-0.1, -0.05) is 30.8 Å². The number of amidine groups is 1. The molecular weight excluding hydrogens is 360 g/mol. The van der Waals surface area contributed by atoms with Gasteiger partial charge in [0.05, 0.1) is 17.8 Å². The van der Waals surface area contributed by atoms with E-state index in [1.165, 1.54) is 0 Å². The molecule has 0 radical (unpaired) electrons. The van der Waals surface area contributed by atoms with Crippen molar-refractivity contribution in [3.63, 3.8) is 0 Å². The number of carbonyl (C=O) groups is 1. The summed E-state index contributed by atoms with van der Waals surface area (Å²) < 4.78 is 5.38. The Morgan fingerprint density at radius 3 is 2.67 bits per heavy atom. The zero-order valence-electron chi connectivity index (χ0n) is 16.0. The smallest absolute Gasteiger partial charge is 0.274 e. The maximum atomic E-state index is 12.2. The fourth-order valence-corrected chi connectivity index (χ4v) is 3.69. The number of anilines is 1. The number of aryl methyl sites for hydroxylation is 2. The highest BCUT2D eigenvalue weighted by molar-refractivity contribution is 8.15. The molecule has 0 spiro atoms. The summed E-state index contributed by atoms with van der Waals surface area (Å²) in [4.78, 5) is 16.7. The second-order valence-corrected chi connectivity index (χ2v) is 7.75. The number of carbonyl (C=O) groups excluding carboxylic acids is 1. The average Bonchev–Trinajstić information content (AvgIpc) is 3.25. The maximum absolute atomic E-state index is 12.2. The van der Waals surface area contributed by atoms with Crippen LogP contribution in [0.15, 0.2) is 44.8 Å². The molecule has 1 aliphatic heterocycles. The first-order chi connectivity index (χ1) is 13.0. The van der Waals surface area contributed by atoms with Crippen LogP contribution in [0.5, 0.6) is 0 Å². The van der Waals surface area contributed by atoms with Crippen LogP contribution in [0.4, 0.5) is 5.69 Å². The fourth-order valence-electron chi connectivity index (χ4n) is 2.73. The third-order valence-electron chi connectivity index (χ3n) is 4.34. The maximum Gasteiger partial charge on any atom is 0.274 e. The van der Waals surface area contributed by atoms with Gasteiger partial charge in [0.2, 0.25) is 0 Å². The van der Waals surface area contributed by atoms with Gasteiger partial charge in [0, 0.05) is 10.9 Å². The number of amides is 1. The Kier molecular flexibility index (Phi) is 6.01. The van der Waals surface area contributed by atoms with Crippen molar-refractivity contribution < 1.29 is 9.21 Å². The molecule has 1 aliphatic rings. The molecule has 1 amide bonds. The number of aliphatic imine (C=N–C) groups is 1. The molecule has 2 aromatic rings. The van der Waals surface area contributed by atoms with E-state index in [1.54, 1.807) is 24.8 Å². The summed E-state index contributed by atoms with van der Waals surface area (Å²) in [5, 5.41) is 9.09. The van der Waals surface area contributed by atoms with Crippen LogP contribution in [-0.4, -0.2) is 28.6 Å². The molecule has 27 heavy (non-hydrogen) atoms. The van der Waals surface area contributed by atoms with E-state index < -0.39 is 0 Å². The normalized spacial score (nSPS) is 17.0. The summed E-state index contributed by atoms with van der Waals surface area (Å²) in [6, 6.07) is 9.63. The summed E-state index contributed by atoms with van der Waals surface area (Å²) >= 11 is 1.79. The number of benzene rings is 1. The van der Waals surface area contributed by atoms with Crippen LogP contribution in [0.25, 0.3) is 0 Å². The highest BCUT2D eigenvalue weighted by Crippen LogP contribution is 2.24. The number of nitrogens with zero attached hydrogens (tertiary/aromatic N) is 2. The van der Waals surface area contributed by atoms with Gasteiger partial charge in [-0.25, -0.2) is 5.43 Å². The van der Waals surface area contributed by atoms with Gasteiger partial charge < -0.3 is 9.73 Å². The minimum Gasteiger partial charge on any atom is -0.466 e. The SMILES string of the molecule is CC[C@H]1CN=C(Nc2ccc(/C(C)=N\NC(=O)c3cc(C)oc3C)cc2)S1. The minimum absolute atomic E-state index is 0.274. The van der Waals surface area contributed by atoms with Gasteiger partial charge in [0.25, 0.3) is 5.91 Å². The molecular formula is C20H24N4O2S. The molecule has 142 valence electrons. The van der Waals surface area contributed by atoms with Crippen molar-refractivity contribution in [3.05, 3.63) is 53.0 Å². The number of rotatable bonds is 5. The number of hydrogen-bond donors (Lipinski definition) is 2. The average molecular weight is 385 g/mol. The van der Waals surface area contributed by atoms with Crippen molar-refractivity contribution in [2.24, 2.45) is 10.1 Å². The number of hydrogen-bond acceptors (Lipinski definition) is 6. The van der Waals surface area contributed by atoms with Crippen molar-refractivity contribution in [1.82, 2.24) is 5.43 Å². The lowest BCUT2D eigenvalue weighted by molar-refractivity contribution is 0.0953. The van der Waals surface area contributed by atoms with Crippen LogP contribution >= 0.6 is 11.8 Å². The first kappa shape index (κ1) is 19.2. The monoisotopic (exact) mass is 384 g/mol. The summed E-state index contributed by atoms with van der Waals surface area (Å²) in [5.74, 6) is 1.02. The van der Waals surface area contributed by atoms with Gasteiger partial charge in [0.1, 0.15) is 11.5 Å². The van der Waals surface area contributed by atoms with Crippen molar-refractivity contribution in [3.8, 4) is 0 Å². The highest BCUT2D eigenvalue weighted by atomic mass is 32.2.